The number of halogens is 2. The van der Waals surface area contributed by atoms with Gasteiger partial charge in [-0.05, 0) is 13.0 Å². The van der Waals surface area contributed by atoms with Crippen LogP contribution >= 0.6 is 12.6 Å². The van der Waals surface area contributed by atoms with Crippen molar-refractivity contribution in [3.63, 3.8) is 0 Å². The van der Waals surface area contributed by atoms with E-state index < -0.39 is 22.1 Å². The number of nitrogens with two attached hydrogens (primary N) is 1. The number of carbonyl (C=O) groups excluding carboxylic acids is 1. The largest absolute Gasteiger partial charge is 0.383 e. The number of aromatic amines is 1. The molecule has 4 aromatic rings. The molecule has 0 bridgehead atoms. The zero-order valence-electron chi connectivity index (χ0n) is 20.0. The molecular weight excluding hydrogens is 500 g/mol. The molecule has 1 aromatic carbocycles. The van der Waals surface area contributed by atoms with Crippen molar-refractivity contribution in [1.82, 2.24) is 29.4 Å². The van der Waals surface area contributed by atoms with Gasteiger partial charge in [0.25, 0.3) is 0 Å². The van der Waals surface area contributed by atoms with E-state index in [1.54, 1.807) is 29.7 Å². The number of thiol groups is 1. The lowest BCUT2D eigenvalue weighted by Gasteiger charge is -2.26. The average molecular weight is 524 g/mol. The van der Waals surface area contributed by atoms with Gasteiger partial charge < -0.3 is 24.9 Å². The number of nitrogens with zero attached hydrogens (tertiary/aromatic N) is 5. The smallest absolute Gasteiger partial charge is 0.246 e. The van der Waals surface area contributed by atoms with E-state index in [1.807, 2.05) is 0 Å². The van der Waals surface area contributed by atoms with Gasteiger partial charge in [-0.15, -0.1) is 12.6 Å². The van der Waals surface area contributed by atoms with Crippen LogP contribution in [0, 0.1) is 30.4 Å². The summed E-state index contributed by atoms with van der Waals surface area (Å²) >= 11 is 4.95. The molecule has 3 N–H and O–H groups in total. The highest BCUT2D eigenvalue weighted by Gasteiger charge is 2.45. The summed E-state index contributed by atoms with van der Waals surface area (Å²) in [6, 6.07) is 0.900. The predicted molar refractivity (Wildman–Crippen MR) is 138 cm³/mol. The first-order chi connectivity index (χ1) is 17.7. The highest BCUT2D eigenvalue weighted by atomic mass is 32.1. The molecule has 1 aliphatic heterocycles. The molecule has 0 saturated carbocycles. The Morgan fingerprint density at radius 3 is 2.95 bits per heavy atom. The van der Waals surface area contributed by atoms with Crippen LogP contribution in [0.25, 0.3) is 22.1 Å². The third-order valence-corrected chi connectivity index (χ3v) is 6.95. The Bertz CT molecular complexity index is 1640. The van der Waals surface area contributed by atoms with E-state index in [1.165, 1.54) is 12.4 Å². The number of H-pyrrole nitrogens is 1. The third-order valence-electron chi connectivity index (χ3n) is 6.41. The molecule has 1 aliphatic rings. The van der Waals surface area contributed by atoms with Crippen molar-refractivity contribution in [3.8, 4) is 11.8 Å². The SMILES string of the molecule is C=CC(=O)N1C[C@@](S)(n2cc(C#Cc3c(F)cc4[nH]c(C)nc4c3F)c3c(N)ncnc32)C[C@@H]1COC. The van der Waals surface area contributed by atoms with E-state index in [0.717, 1.165) is 6.07 Å². The van der Waals surface area contributed by atoms with Crippen LogP contribution in [0.2, 0.25) is 0 Å². The number of carbonyl (C=O) groups is 1. The normalized spacial score (nSPS) is 19.4. The summed E-state index contributed by atoms with van der Waals surface area (Å²) in [7, 11) is 1.56. The molecule has 3 aromatic heterocycles. The predicted octanol–water partition coefficient (Wildman–Crippen LogP) is 2.89. The Labute approximate surface area is 216 Å². The van der Waals surface area contributed by atoms with Gasteiger partial charge in [0.05, 0.1) is 41.2 Å². The maximum absolute atomic E-state index is 15.1. The van der Waals surface area contributed by atoms with Gasteiger partial charge >= 0.3 is 0 Å². The number of amides is 1. The monoisotopic (exact) mass is 523 g/mol. The van der Waals surface area contributed by atoms with Gasteiger partial charge in [0.15, 0.2) is 5.82 Å². The summed E-state index contributed by atoms with van der Waals surface area (Å²) in [6.07, 6.45) is 4.65. The van der Waals surface area contributed by atoms with Gasteiger partial charge in [0.2, 0.25) is 5.91 Å². The van der Waals surface area contributed by atoms with E-state index >= 15 is 4.39 Å². The van der Waals surface area contributed by atoms with Crippen molar-refractivity contribution in [3.05, 3.63) is 59.8 Å². The summed E-state index contributed by atoms with van der Waals surface area (Å²) in [5.41, 5.74) is 6.79. The summed E-state index contributed by atoms with van der Waals surface area (Å²) in [5.74, 6) is 4.11. The van der Waals surface area contributed by atoms with Crippen LogP contribution < -0.4 is 5.73 Å². The standard InChI is InChI=1S/C25H23F2N7O2S/c1-4-19(35)33-11-25(37,8-15(33)10-36-3)34-9-14(20-23(28)29-12-30-24(20)34)5-6-16-17(26)7-18-22(21(16)27)32-13(2)31-18/h4,7,9,12,15,37H,1,8,10-11H2,2-3H3,(H,31,32)(H2,28,29,30)/t15-,25-/m1/s1. The van der Waals surface area contributed by atoms with Crippen LogP contribution in [0.5, 0.6) is 0 Å². The molecule has 5 rings (SSSR count). The first-order valence-electron chi connectivity index (χ1n) is 11.3. The maximum atomic E-state index is 15.1. The molecular formula is C25H23F2N7O2S. The zero-order valence-corrected chi connectivity index (χ0v) is 20.9. The third kappa shape index (κ3) is 4.10. The minimum absolute atomic E-state index is 0.00454. The number of rotatable bonds is 4. The molecule has 9 nitrogen and oxygen atoms in total. The van der Waals surface area contributed by atoms with Crippen LogP contribution in [0.4, 0.5) is 14.6 Å². The number of aryl methyl sites for hydroxylation is 1. The quantitative estimate of drug-likeness (QED) is 0.215. The number of hydrogen-bond donors (Lipinski definition) is 3. The first-order valence-corrected chi connectivity index (χ1v) is 11.7. The van der Waals surface area contributed by atoms with Gasteiger partial charge in [0.1, 0.15) is 39.8 Å². The topological polar surface area (TPSA) is 115 Å². The maximum Gasteiger partial charge on any atom is 0.246 e. The molecule has 0 aliphatic carbocycles. The fraction of sp³-hybridized carbons (Fsp3) is 0.280. The van der Waals surface area contributed by atoms with Crippen LogP contribution in [-0.4, -0.2) is 61.6 Å². The molecule has 1 fully saturated rings. The lowest BCUT2D eigenvalue weighted by molar-refractivity contribution is -0.127. The second-order valence-corrected chi connectivity index (χ2v) is 9.68. The van der Waals surface area contributed by atoms with E-state index in [-0.39, 0.29) is 35.3 Å². The molecule has 0 radical (unpaired) electrons. The van der Waals surface area contributed by atoms with Gasteiger partial charge in [-0.1, -0.05) is 18.4 Å². The Morgan fingerprint density at radius 1 is 1.43 bits per heavy atom. The van der Waals surface area contributed by atoms with Crippen molar-refractivity contribution in [2.24, 2.45) is 0 Å². The minimum atomic E-state index is -0.900. The number of methoxy groups -OCH3 is 1. The average Bonchev–Trinajstić information content (AvgIpc) is 3.53. The highest BCUT2D eigenvalue weighted by Crippen LogP contribution is 2.41. The second kappa shape index (κ2) is 9.17. The van der Waals surface area contributed by atoms with Gasteiger partial charge in [-0.25, -0.2) is 23.7 Å². The molecule has 1 saturated heterocycles. The molecule has 4 heterocycles. The van der Waals surface area contributed by atoms with Crippen molar-refractivity contribution in [2.75, 3.05) is 26.0 Å². The number of likely N-dealkylation sites (tertiary alicyclic amines) is 1. The molecule has 0 unspecified atom stereocenters. The van der Waals surface area contributed by atoms with E-state index in [4.69, 9.17) is 23.1 Å². The molecule has 2 atom stereocenters. The number of nitrogens with one attached hydrogen (secondary N) is 1. The van der Waals surface area contributed by atoms with Gasteiger partial charge in [-0.3, -0.25) is 4.79 Å². The summed E-state index contributed by atoms with van der Waals surface area (Å²) in [6.45, 7) is 5.77. The molecule has 12 heteroatoms. The van der Waals surface area contributed by atoms with Crippen molar-refractivity contribution >= 4 is 46.4 Å². The van der Waals surface area contributed by atoms with Crippen molar-refractivity contribution in [2.45, 2.75) is 24.3 Å². The number of ether oxygens (including phenoxy) is 1. The fourth-order valence-electron chi connectivity index (χ4n) is 4.79. The summed E-state index contributed by atoms with van der Waals surface area (Å²) < 4.78 is 36.9. The highest BCUT2D eigenvalue weighted by molar-refractivity contribution is 7.81. The second-order valence-electron chi connectivity index (χ2n) is 8.85. The van der Waals surface area contributed by atoms with E-state index in [2.05, 4.69) is 38.4 Å². The Kier molecular flexibility index (Phi) is 6.13. The first kappa shape index (κ1) is 24.7. The Morgan fingerprint density at radius 2 is 2.22 bits per heavy atom. The van der Waals surface area contributed by atoms with Crippen LogP contribution in [0.3, 0.4) is 0 Å². The van der Waals surface area contributed by atoms with Crippen LogP contribution in [-0.2, 0) is 14.4 Å². The number of nitrogen functional groups attached to an aromatic ring is 1. The minimum Gasteiger partial charge on any atom is -0.383 e. The number of anilines is 1. The zero-order chi connectivity index (χ0) is 26.5. The van der Waals surface area contributed by atoms with E-state index in [0.29, 0.717) is 35.4 Å². The Balaban J connectivity index is 1.64. The summed E-state index contributed by atoms with van der Waals surface area (Å²) in [4.78, 5) is 28.6. The lowest BCUT2D eigenvalue weighted by Crippen LogP contribution is -2.38. The van der Waals surface area contributed by atoms with Crippen LogP contribution in [0.1, 0.15) is 23.4 Å². The Hall–Kier alpha value is -3.95. The number of benzene rings is 1. The fourth-order valence-corrected chi connectivity index (χ4v) is 5.31. The number of hydrogen-bond acceptors (Lipinski definition) is 7. The molecule has 1 amide bonds. The molecule has 37 heavy (non-hydrogen) atoms. The van der Waals surface area contributed by atoms with Gasteiger partial charge in [0, 0.05) is 25.8 Å². The lowest BCUT2D eigenvalue weighted by atomic mass is 10.1. The molecule has 190 valence electrons. The van der Waals surface area contributed by atoms with Crippen LogP contribution in [0.15, 0.2) is 31.2 Å². The number of aromatic nitrogens is 5. The number of fused-ring (bicyclic) bond motifs is 2. The summed E-state index contributed by atoms with van der Waals surface area (Å²) in [5, 5.41) is 0.415. The van der Waals surface area contributed by atoms with E-state index in [9.17, 15) is 9.18 Å². The van der Waals surface area contributed by atoms with Gasteiger partial charge in [-0.2, -0.15) is 0 Å². The molecule has 0 spiro atoms. The number of imidazole rings is 1. The van der Waals surface area contributed by atoms with Crippen molar-refractivity contribution < 1.29 is 18.3 Å². The van der Waals surface area contributed by atoms with Crippen molar-refractivity contribution in [1.29, 1.82) is 0 Å².